The summed E-state index contributed by atoms with van der Waals surface area (Å²) in [4.78, 5) is 16.7. The van der Waals surface area contributed by atoms with E-state index in [0.29, 0.717) is 17.9 Å². The lowest BCUT2D eigenvalue weighted by atomic mass is 10.2. The second kappa shape index (κ2) is 6.03. The van der Waals surface area contributed by atoms with E-state index in [2.05, 4.69) is 10.3 Å². The maximum atomic E-state index is 11.6. The van der Waals surface area contributed by atoms with Crippen molar-refractivity contribution in [2.75, 3.05) is 6.61 Å². The van der Waals surface area contributed by atoms with Crippen LogP contribution in [0.2, 0.25) is 0 Å². The summed E-state index contributed by atoms with van der Waals surface area (Å²) in [6.07, 6.45) is 1.47. The first-order valence-electron chi connectivity index (χ1n) is 5.37. The van der Waals surface area contributed by atoms with Gasteiger partial charge in [-0.3, -0.25) is 4.68 Å². The molecular weight excluding hydrogens is 222 g/mol. The van der Waals surface area contributed by atoms with Crippen LogP contribution in [-0.4, -0.2) is 28.1 Å². The average molecular weight is 239 g/mol. The highest BCUT2D eigenvalue weighted by Crippen LogP contribution is 2.10. The summed E-state index contributed by atoms with van der Waals surface area (Å²) in [5.41, 5.74) is 1.87. The molecule has 0 N–H and O–H groups in total. The maximum Gasteiger partial charge on any atom is 0.341 e. The van der Waals surface area contributed by atoms with E-state index in [1.54, 1.807) is 18.7 Å². The molecule has 0 atom stereocenters. The third kappa shape index (κ3) is 3.58. The minimum atomic E-state index is -0.392. The van der Waals surface area contributed by atoms with Gasteiger partial charge in [-0.15, -0.1) is 0 Å². The molecule has 1 rings (SSSR count). The SMILES string of the molecule is CCOC(=O)c1cnn(C)c1CON=C(C)C. The van der Waals surface area contributed by atoms with Crippen LogP contribution < -0.4 is 0 Å². The van der Waals surface area contributed by atoms with Crippen LogP contribution in [0, 0.1) is 0 Å². The molecule has 1 aromatic rings. The van der Waals surface area contributed by atoms with E-state index in [4.69, 9.17) is 9.57 Å². The number of hydrogen-bond acceptors (Lipinski definition) is 5. The van der Waals surface area contributed by atoms with Crippen molar-refractivity contribution in [3.05, 3.63) is 17.5 Å². The molecule has 0 saturated heterocycles. The van der Waals surface area contributed by atoms with Crippen LogP contribution in [-0.2, 0) is 23.2 Å². The standard InChI is InChI=1S/C11H17N3O3/c1-5-16-11(15)9-6-12-14(4)10(9)7-17-13-8(2)3/h6H,5,7H2,1-4H3. The van der Waals surface area contributed by atoms with Gasteiger partial charge in [-0.05, 0) is 20.8 Å². The molecule has 0 aliphatic heterocycles. The summed E-state index contributed by atoms with van der Waals surface area (Å²) in [5.74, 6) is -0.392. The molecule has 1 heterocycles. The number of esters is 1. The van der Waals surface area contributed by atoms with Crippen LogP contribution in [0.3, 0.4) is 0 Å². The van der Waals surface area contributed by atoms with Crippen molar-refractivity contribution < 1.29 is 14.4 Å². The number of oxime groups is 1. The molecule has 0 radical (unpaired) electrons. The van der Waals surface area contributed by atoms with Crippen LogP contribution in [0.1, 0.15) is 36.8 Å². The molecule has 0 aliphatic carbocycles. The number of hydrogen-bond donors (Lipinski definition) is 0. The predicted octanol–water partition coefficient (Wildman–Crippen LogP) is 1.51. The molecule has 0 aromatic carbocycles. The number of rotatable bonds is 5. The Morgan fingerprint density at radius 3 is 2.82 bits per heavy atom. The highest BCUT2D eigenvalue weighted by molar-refractivity contribution is 5.90. The lowest BCUT2D eigenvalue weighted by molar-refractivity contribution is 0.0518. The van der Waals surface area contributed by atoms with E-state index < -0.39 is 5.97 Å². The molecule has 94 valence electrons. The van der Waals surface area contributed by atoms with Crippen molar-refractivity contribution >= 4 is 11.7 Å². The van der Waals surface area contributed by atoms with Crippen LogP contribution in [0.4, 0.5) is 0 Å². The fraction of sp³-hybridized carbons (Fsp3) is 0.545. The van der Waals surface area contributed by atoms with Crippen molar-refractivity contribution in [2.24, 2.45) is 12.2 Å². The van der Waals surface area contributed by atoms with Gasteiger partial charge in [-0.25, -0.2) is 4.79 Å². The zero-order chi connectivity index (χ0) is 12.8. The van der Waals surface area contributed by atoms with E-state index in [-0.39, 0.29) is 6.61 Å². The summed E-state index contributed by atoms with van der Waals surface area (Å²) in [6.45, 7) is 5.94. The quantitative estimate of drug-likeness (QED) is 0.444. The van der Waals surface area contributed by atoms with Crippen molar-refractivity contribution in [2.45, 2.75) is 27.4 Å². The molecule has 0 aliphatic rings. The normalized spacial score (nSPS) is 9.88. The third-order valence-electron chi connectivity index (χ3n) is 2.01. The van der Waals surface area contributed by atoms with Crippen LogP contribution in [0.15, 0.2) is 11.4 Å². The van der Waals surface area contributed by atoms with Gasteiger partial charge in [0.05, 0.1) is 24.2 Å². The monoisotopic (exact) mass is 239 g/mol. The van der Waals surface area contributed by atoms with Crippen LogP contribution >= 0.6 is 0 Å². The molecular formula is C11H17N3O3. The van der Waals surface area contributed by atoms with Gasteiger partial charge in [0.25, 0.3) is 0 Å². The Morgan fingerprint density at radius 2 is 2.24 bits per heavy atom. The van der Waals surface area contributed by atoms with Crippen molar-refractivity contribution in [3.63, 3.8) is 0 Å². The van der Waals surface area contributed by atoms with Gasteiger partial charge in [-0.1, -0.05) is 5.16 Å². The lowest BCUT2D eigenvalue weighted by Crippen LogP contribution is -2.09. The first-order chi connectivity index (χ1) is 8.06. The molecule has 6 nitrogen and oxygen atoms in total. The van der Waals surface area contributed by atoms with Gasteiger partial charge >= 0.3 is 5.97 Å². The van der Waals surface area contributed by atoms with Gasteiger partial charge in [0.1, 0.15) is 5.56 Å². The molecule has 1 aromatic heterocycles. The fourth-order valence-electron chi connectivity index (χ4n) is 1.24. The van der Waals surface area contributed by atoms with Gasteiger partial charge < -0.3 is 9.57 Å². The highest BCUT2D eigenvalue weighted by Gasteiger charge is 2.17. The van der Waals surface area contributed by atoms with E-state index >= 15 is 0 Å². The minimum Gasteiger partial charge on any atom is -0.462 e. The molecule has 6 heteroatoms. The van der Waals surface area contributed by atoms with E-state index in [1.807, 2.05) is 13.8 Å². The lowest BCUT2D eigenvalue weighted by Gasteiger charge is -2.05. The summed E-state index contributed by atoms with van der Waals surface area (Å²) >= 11 is 0. The van der Waals surface area contributed by atoms with Crippen molar-refractivity contribution in [3.8, 4) is 0 Å². The molecule has 0 bridgehead atoms. The number of nitrogens with zero attached hydrogens (tertiary/aromatic N) is 3. The maximum absolute atomic E-state index is 11.6. The molecule has 17 heavy (non-hydrogen) atoms. The molecule has 0 fully saturated rings. The summed E-state index contributed by atoms with van der Waals surface area (Å²) in [7, 11) is 1.74. The summed E-state index contributed by atoms with van der Waals surface area (Å²) in [6, 6.07) is 0. The number of aryl methyl sites for hydroxylation is 1. The largest absolute Gasteiger partial charge is 0.462 e. The Morgan fingerprint density at radius 1 is 1.53 bits per heavy atom. The van der Waals surface area contributed by atoms with E-state index in [9.17, 15) is 4.79 Å². The van der Waals surface area contributed by atoms with Crippen molar-refractivity contribution in [1.29, 1.82) is 0 Å². The smallest absolute Gasteiger partial charge is 0.341 e. The average Bonchev–Trinajstić information content (AvgIpc) is 2.60. The Hall–Kier alpha value is -1.85. The van der Waals surface area contributed by atoms with Gasteiger partial charge in [0.15, 0.2) is 6.61 Å². The zero-order valence-electron chi connectivity index (χ0n) is 10.6. The second-order valence-electron chi connectivity index (χ2n) is 3.66. The third-order valence-corrected chi connectivity index (χ3v) is 2.01. The van der Waals surface area contributed by atoms with E-state index in [0.717, 1.165) is 5.71 Å². The molecule has 0 unspecified atom stereocenters. The summed E-state index contributed by atoms with van der Waals surface area (Å²) in [5, 5.41) is 7.82. The van der Waals surface area contributed by atoms with Crippen LogP contribution in [0.5, 0.6) is 0 Å². The van der Waals surface area contributed by atoms with E-state index in [1.165, 1.54) is 6.20 Å². The minimum absolute atomic E-state index is 0.190. The van der Waals surface area contributed by atoms with Crippen molar-refractivity contribution in [1.82, 2.24) is 9.78 Å². The highest BCUT2D eigenvalue weighted by atomic mass is 16.6. The molecule has 0 saturated carbocycles. The Kier molecular flexibility index (Phi) is 4.68. The van der Waals surface area contributed by atoms with Gasteiger partial charge in [0, 0.05) is 7.05 Å². The molecule has 0 amide bonds. The van der Waals surface area contributed by atoms with Crippen LogP contribution in [0.25, 0.3) is 0 Å². The number of ether oxygens (including phenoxy) is 1. The first kappa shape index (κ1) is 13.2. The fourth-order valence-corrected chi connectivity index (χ4v) is 1.24. The Balaban J connectivity index is 2.79. The number of aromatic nitrogens is 2. The van der Waals surface area contributed by atoms with Gasteiger partial charge in [-0.2, -0.15) is 5.10 Å². The summed E-state index contributed by atoms with van der Waals surface area (Å²) < 4.78 is 6.50. The number of carbonyl (C=O) groups is 1. The Bertz CT molecular complexity index is 420. The first-order valence-corrected chi connectivity index (χ1v) is 5.37. The van der Waals surface area contributed by atoms with Gasteiger partial charge in [0.2, 0.25) is 0 Å². The second-order valence-corrected chi connectivity index (χ2v) is 3.66. The topological polar surface area (TPSA) is 65.7 Å². The number of carbonyl (C=O) groups excluding carboxylic acids is 1. The Labute approximate surface area is 100 Å². The predicted molar refractivity (Wildman–Crippen MR) is 62.7 cm³/mol. The zero-order valence-corrected chi connectivity index (χ0v) is 10.6. The molecule has 0 spiro atoms.